The minimum Gasteiger partial charge on any atom is -0.462 e. The molecule has 0 radical (unpaired) electrons. The number of anilines is 1. The maximum atomic E-state index is 12.6. The van der Waals surface area contributed by atoms with Gasteiger partial charge >= 0.3 is 5.97 Å². The Labute approximate surface area is 165 Å². The van der Waals surface area contributed by atoms with Crippen LogP contribution in [0.5, 0.6) is 0 Å². The van der Waals surface area contributed by atoms with Crippen LogP contribution in [0, 0.1) is 0 Å². The SMILES string of the molecule is CCOC(=O)c1c(NC(=S)N2CC(C)OC(C)C2)sc2c1CCCCC2. The van der Waals surface area contributed by atoms with Crippen molar-refractivity contribution in [2.45, 2.75) is 65.1 Å². The fraction of sp³-hybridized carbons (Fsp3) is 0.684. The standard InChI is InChI=1S/C19H28N2O3S2/c1-4-23-18(22)16-14-8-6-5-7-9-15(14)26-17(16)20-19(25)21-10-12(2)24-13(3)11-21/h12-13H,4-11H2,1-3H3,(H,20,25). The molecule has 1 aliphatic heterocycles. The lowest BCUT2D eigenvalue weighted by atomic mass is 10.1. The summed E-state index contributed by atoms with van der Waals surface area (Å²) in [4.78, 5) is 16.1. The summed E-state index contributed by atoms with van der Waals surface area (Å²) in [5, 5.41) is 4.86. The molecular weight excluding hydrogens is 368 g/mol. The molecule has 26 heavy (non-hydrogen) atoms. The van der Waals surface area contributed by atoms with Gasteiger partial charge in [-0.2, -0.15) is 0 Å². The monoisotopic (exact) mass is 396 g/mol. The van der Waals surface area contributed by atoms with Crippen molar-refractivity contribution in [3.05, 3.63) is 16.0 Å². The lowest BCUT2D eigenvalue weighted by molar-refractivity contribution is -0.0473. The number of morpholine rings is 1. The molecule has 1 aromatic heterocycles. The first-order valence-corrected chi connectivity index (χ1v) is 10.7. The molecule has 0 spiro atoms. The van der Waals surface area contributed by atoms with Gasteiger partial charge in [-0.1, -0.05) is 6.42 Å². The molecule has 1 aromatic rings. The molecule has 1 N–H and O–H groups in total. The summed E-state index contributed by atoms with van der Waals surface area (Å²) in [7, 11) is 0. The van der Waals surface area contributed by atoms with Crippen molar-refractivity contribution in [1.29, 1.82) is 0 Å². The van der Waals surface area contributed by atoms with Crippen LogP contribution in [0.4, 0.5) is 5.00 Å². The molecule has 1 fully saturated rings. The van der Waals surface area contributed by atoms with Crippen LogP contribution in [0.1, 0.15) is 60.8 Å². The van der Waals surface area contributed by atoms with Gasteiger partial charge in [-0.3, -0.25) is 0 Å². The Balaban J connectivity index is 1.84. The second kappa shape index (κ2) is 8.67. The number of carbonyl (C=O) groups excluding carboxylic acids is 1. The van der Waals surface area contributed by atoms with Crippen LogP contribution in [0.2, 0.25) is 0 Å². The molecule has 2 aliphatic rings. The normalized spacial score (nSPS) is 23.1. The van der Waals surface area contributed by atoms with Crippen molar-refractivity contribution in [2.75, 3.05) is 25.0 Å². The minimum atomic E-state index is -0.235. The zero-order valence-electron chi connectivity index (χ0n) is 15.8. The molecule has 2 heterocycles. The maximum absolute atomic E-state index is 12.6. The first-order valence-electron chi connectivity index (χ1n) is 9.52. The van der Waals surface area contributed by atoms with Gasteiger partial charge in [-0.25, -0.2) is 4.79 Å². The Morgan fingerprint density at radius 2 is 1.96 bits per heavy atom. The van der Waals surface area contributed by atoms with Crippen molar-refractivity contribution >= 4 is 39.6 Å². The molecule has 144 valence electrons. The van der Waals surface area contributed by atoms with Gasteiger partial charge in [0.05, 0.1) is 24.4 Å². The van der Waals surface area contributed by atoms with Crippen LogP contribution >= 0.6 is 23.6 Å². The van der Waals surface area contributed by atoms with E-state index in [0.29, 0.717) is 17.3 Å². The number of esters is 1. The van der Waals surface area contributed by atoms with Crippen molar-refractivity contribution < 1.29 is 14.3 Å². The van der Waals surface area contributed by atoms with Crippen LogP contribution in [0.15, 0.2) is 0 Å². The van der Waals surface area contributed by atoms with Gasteiger partial charge in [0.15, 0.2) is 5.11 Å². The van der Waals surface area contributed by atoms with E-state index in [-0.39, 0.29) is 18.2 Å². The number of hydrogen-bond donors (Lipinski definition) is 1. The highest BCUT2D eigenvalue weighted by atomic mass is 32.1. The van der Waals surface area contributed by atoms with Crippen LogP contribution in [-0.4, -0.2) is 47.9 Å². The zero-order valence-corrected chi connectivity index (χ0v) is 17.4. The van der Waals surface area contributed by atoms with Gasteiger partial charge in [0.1, 0.15) is 5.00 Å². The van der Waals surface area contributed by atoms with Gasteiger partial charge < -0.3 is 19.7 Å². The molecule has 0 aromatic carbocycles. The number of fused-ring (bicyclic) bond motifs is 1. The summed E-state index contributed by atoms with van der Waals surface area (Å²) in [5.41, 5.74) is 1.87. The highest BCUT2D eigenvalue weighted by molar-refractivity contribution is 7.80. The van der Waals surface area contributed by atoms with Crippen molar-refractivity contribution in [3.63, 3.8) is 0 Å². The summed E-state index contributed by atoms with van der Waals surface area (Å²) in [6, 6.07) is 0. The van der Waals surface area contributed by atoms with E-state index in [1.54, 1.807) is 11.3 Å². The van der Waals surface area contributed by atoms with E-state index in [2.05, 4.69) is 24.1 Å². The van der Waals surface area contributed by atoms with E-state index < -0.39 is 0 Å². The molecule has 1 saturated heterocycles. The third-order valence-corrected chi connectivity index (χ3v) is 6.40. The lowest BCUT2D eigenvalue weighted by Gasteiger charge is -2.36. The predicted molar refractivity (Wildman–Crippen MR) is 109 cm³/mol. The average molecular weight is 397 g/mol. The van der Waals surface area contributed by atoms with Crippen molar-refractivity contribution in [2.24, 2.45) is 0 Å². The van der Waals surface area contributed by atoms with Crippen LogP contribution in [0.25, 0.3) is 0 Å². The first kappa shape index (κ1) is 19.6. The molecule has 7 heteroatoms. The molecule has 5 nitrogen and oxygen atoms in total. The molecular formula is C19H28N2O3S2. The summed E-state index contributed by atoms with van der Waals surface area (Å²) in [6.07, 6.45) is 5.78. The fourth-order valence-electron chi connectivity index (χ4n) is 3.77. The largest absolute Gasteiger partial charge is 0.462 e. The number of carbonyl (C=O) groups is 1. The first-order chi connectivity index (χ1) is 12.5. The molecule has 2 unspecified atom stereocenters. The van der Waals surface area contributed by atoms with E-state index in [4.69, 9.17) is 21.7 Å². The zero-order chi connectivity index (χ0) is 18.7. The Hall–Kier alpha value is -1.18. The molecule has 2 atom stereocenters. The Bertz CT molecular complexity index is 664. The predicted octanol–water partition coefficient (Wildman–Crippen LogP) is 4.00. The number of hydrogen-bond acceptors (Lipinski definition) is 5. The quantitative estimate of drug-likeness (QED) is 0.473. The van der Waals surface area contributed by atoms with E-state index in [0.717, 1.165) is 37.4 Å². The molecule has 0 bridgehead atoms. The summed E-state index contributed by atoms with van der Waals surface area (Å²) in [5.74, 6) is -0.235. The maximum Gasteiger partial charge on any atom is 0.341 e. The van der Waals surface area contributed by atoms with Gasteiger partial charge in [0.2, 0.25) is 0 Å². The molecule has 0 amide bonds. The van der Waals surface area contributed by atoms with Gasteiger partial charge in [0, 0.05) is 18.0 Å². The number of aryl methyl sites for hydroxylation is 1. The smallest absolute Gasteiger partial charge is 0.341 e. The molecule has 3 rings (SSSR count). The van der Waals surface area contributed by atoms with Gasteiger partial charge in [-0.15, -0.1) is 11.3 Å². The third-order valence-electron chi connectivity index (χ3n) is 4.83. The van der Waals surface area contributed by atoms with Crippen LogP contribution < -0.4 is 5.32 Å². The van der Waals surface area contributed by atoms with E-state index in [9.17, 15) is 4.79 Å². The Morgan fingerprint density at radius 3 is 2.65 bits per heavy atom. The second-order valence-electron chi connectivity index (χ2n) is 7.08. The second-order valence-corrected chi connectivity index (χ2v) is 8.57. The minimum absolute atomic E-state index is 0.142. The average Bonchev–Trinajstić information content (AvgIpc) is 2.75. The lowest BCUT2D eigenvalue weighted by Crippen LogP contribution is -2.49. The fourth-order valence-corrected chi connectivity index (χ4v) is 5.36. The third kappa shape index (κ3) is 4.38. The number of thiocarbonyl (C=S) groups is 1. The molecule has 1 aliphatic carbocycles. The number of thiophene rings is 1. The highest BCUT2D eigenvalue weighted by Crippen LogP contribution is 2.38. The topological polar surface area (TPSA) is 50.8 Å². The number of ether oxygens (including phenoxy) is 2. The van der Waals surface area contributed by atoms with Crippen LogP contribution in [-0.2, 0) is 22.3 Å². The number of rotatable bonds is 3. The molecule has 0 saturated carbocycles. The Morgan fingerprint density at radius 1 is 1.27 bits per heavy atom. The number of nitrogens with one attached hydrogen (secondary N) is 1. The highest BCUT2D eigenvalue weighted by Gasteiger charge is 2.28. The Kier molecular flexibility index (Phi) is 6.53. The number of nitrogens with zero attached hydrogens (tertiary/aromatic N) is 1. The summed E-state index contributed by atoms with van der Waals surface area (Å²) in [6.45, 7) is 7.86. The van der Waals surface area contributed by atoms with E-state index >= 15 is 0 Å². The summed E-state index contributed by atoms with van der Waals surface area (Å²) < 4.78 is 11.1. The van der Waals surface area contributed by atoms with E-state index in [1.165, 1.54) is 23.3 Å². The summed E-state index contributed by atoms with van der Waals surface area (Å²) >= 11 is 7.32. The van der Waals surface area contributed by atoms with Gasteiger partial charge in [-0.05, 0) is 64.2 Å². The van der Waals surface area contributed by atoms with Gasteiger partial charge in [0.25, 0.3) is 0 Å². The van der Waals surface area contributed by atoms with Crippen molar-refractivity contribution in [3.8, 4) is 0 Å². The van der Waals surface area contributed by atoms with E-state index in [1.807, 2.05) is 6.92 Å². The van der Waals surface area contributed by atoms with Crippen molar-refractivity contribution in [1.82, 2.24) is 4.90 Å². The van der Waals surface area contributed by atoms with Crippen LogP contribution in [0.3, 0.4) is 0 Å².